The molecule has 0 saturated carbocycles. The predicted molar refractivity (Wildman–Crippen MR) is 154 cm³/mol. The summed E-state index contributed by atoms with van der Waals surface area (Å²) in [6, 6.07) is 37.7. The zero-order valence-corrected chi connectivity index (χ0v) is 20.4. The van der Waals surface area contributed by atoms with E-state index in [9.17, 15) is 0 Å². The van der Waals surface area contributed by atoms with Crippen LogP contribution in [0.5, 0.6) is 0 Å². The number of aromatic nitrogens is 5. The molecule has 0 aliphatic rings. The first kappa shape index (κ1) is 20.9. The van der Waals surface area contributed by atoms with Crippen LogP contribution in [0.15, 0.2) is 128 Å². The van der Waals surface area contributed by atoms with Crippen molar-refractivity contribution in [3.63, 3.8) is 0 Å². The molecule has 0 unspecified atom stereocenters. The maximum absolute atomic E-state index is 5.02. The molecule has 5 heteroatoms. The van der Waals surface area contributed by atoms with Gasteiger partial charge in [-0.1, -0.05) is 66.7 Å². The van der Waals surface area contributed by atoms with Gasteiger partial charge < -0.3 is 4.57 Å². The lowest BCUT2D eigenvalue weighted by molar-refractivity contribution is 1.07. The van der Waals surface area contributed by atoms with Crippen LogP contribution >= 0.6 is 0 Å². The molecule has 38 heavy (non-hydrogen) atoms. The lowest BCUT2D eigenvalue weighted by Gasteiger charge is -2.14. The van der Waals surface area contributed by atoms with E-state index in [1.807, 2.05) is 36.8 Å². The van der Waals surface area contributed by atoms with Crippen molar-refractivity contribution >= 4 is 43.9 Å². The highest BCUT2D eigenvalue weighted by atomic mass is 15.1. The summed E-state index contributed by atoms with van der Waals surface area (Å²) in [6.07, 6.45) is 5.69. The number of hydrogen-bond donors (Lipinski definition) is 0. The molecule has 0 amide bonds. The monoisotopic (exact) mass is 487 g/mol. The van der Waals surface area contributed by atoms with Gasteiger partial charge in [0.2, 0.25) is 0 Å². The summed E-state index contributed by atoms with van der Waals surface area (Å²) < 4.78 is 4.59. The van der Waals surface area contributed by atoms with Gasteiger partial charge in [0.05, 0.1) is 16.6 Å². The lowest BCUT2D eigenvalue weighted by Crippen LogP contribution is -2.02. The second-order valence-corrected chi connectivity index (χ2v) is 9.35. The number of nitrogens with zero attached hydrogens (tertiary/aromatic N) is 5. The van der Waals surface area contributed by atoms with E-state index in [4.69, 9.17) is 15.0 Å². The van der Waals surface area contributed by atoms with Crippen LogP contribution in [0, 0.1) is 0 Å². The number of hydrogen-bond acceptors (Lipinski definition) is 3. The van der Waals surface area contributed by atoms with Crippen molar-refractivity contribution in [1.29, 1.82) is 0 Å². The average Bonchev–Trinajstić information content (AvgIpc) is 3.51. The summed E-state index contributed by atoms with van der Waals surface area (Å²) in [4.78, 5) is 14.8. The van der Waals surface area contributed by atoms with Gasteiger partial charge in [-0.05, 0) is 48.0 Å². The molecule has 0 atom stereocenters. The molecular weight excluding hydrogens is 466 g/mol. The SMILES string of the molecule is c1ccc(-c2cccnc2-n2c3cccnc3c3ncc4c5ccccc5n(-c5ccccc5)c4c32)cc1. The fraction of sp³-hybridized carbons (Fsp3) is 0. The minimum atomic E-state index is 0.853. The van der Waals surface area contributed by atoms with Crippen molar-refractivity contribution < 1.29 is 0 Å². The van der Waals surface area contributed by atoms with Gasteiger partial charge in [-0.2, -0.15) is 0 Å². The lowest BCUT2D eigenvalue weighted by atomic mass is 10.1. The highest BCUT2D eigenvalue weighted by Crippen LogP contribution is 2.40. The molecule has 0 N–H and O–H groups in total. The Morgan fingerprint density at radius 3 is 2.05 bits per heavy atom. The molecule has 0 saturated heterocycles. The molecule has 0 radical (unpaired) electrons. The molecule has 0 aliphatic heterocycles. The minimum absolute atomic E-state index is 0.853. The molecule has 3 aromatic carbocycles. The molecule has 178 valence electrons. The Hall–Kier alpha value is -5.29. The quantitative estimate of drug-likeness (QED) is 0.256. The van der Waals surface area contributed by atoms with Crippen molar-refractivity contribution in [2.24, 2.45) is 0 Å². The van der Waals surface area contributed by atoms with E-state index in [0.717, 1.165) is 66.5 Å². The first-order valence-electron chi connectivity index (χ1n) is 12.6. The standard InChI is InChI=1S/C33H21N5/c1-3-11-22(12-4-1)24-16-9-20-35-33(24)38-28-18-10-19-34-29(28)30-32(38)31-26(21-36-30)25-15-7-8-17-27(25)37(31)23-13-5-2-6-14-23/h1-21H. The van der Waals surface area contributed by atoms with Crippen LogP contribution in [0.3, 0.4) is 0 Å². The summed E-state index contributed by atoms with van der Waals surface area (Å²) in [5, 5.41) is 2.26. The van der Waals surface area contributed by atoms with E-state index < -0.39 is 0 Å². The van der Waals surface area contributed by atoms with Crippen LogP contribution in [0.2, 0.25) is 0 Å². The van der Waals surface area contributed by atoms with E-state index in [0.29, 0.717) is 0 Å². The Bertz CT molecular complexity index is 2120. The maximum atomic E-state index is 5.02. The van der Waals surface area contributed by atoms with Gasteiger partial charge in [0.15, 0.2) is 0 Å². The van der Waals surface area contributed by atoms with Crippen LogP contribution in [0.1, 0.15) is 0 Å². The fourth-order valence-corrected chi connectivity index (χ4v) is 5.68. The summed E-state index contributed by atoms with van der Waals surface area (Å²) in [5.41, 5.74) is 9.17. The van der Waals surface area contributed by atoms with E-state index in [1.54, 1.807) is 0 Å². The Morgan fingerprint density at radius 2 is 1.18 bits per heavy atom. The Kier molecular flexibility index (Phi) is 4.45. The largest absolute Gasteiger partial charge is 0.307 e. The van der Waals surface area contributed by atoms with E-state index in [2.05, 4.69) is 100 Å². The average molecular weight is 488 g/mol. The number of fused-ring (bicyclic) bond motifs is 7. The van der Waals surface area contributed by atoms with Crippen molar-refractivity contribution in [2.45, 2.75) is 0 Å². The third kappa shape index (κ3) is 2.90. The van der Waals surface area contributed by atoms with Gasteiger partial charge >= 0.3 is 0 Å². The van der Waals surface area contributed by atoms with E-state index in [-0.39, 0.29) is 0 Å². The van der Waals surface area contributed by atoms with Crippen LogP contribution < -0.4 is 0 Å². The molecule has 5 nitrogen and oxygen atoms in total. The molecule has 0 bridgehead atoms. The molecule has 5 heterocycles. The fourth-order valence-electron chi connectivity index (χ4n) is 5.68. The third-order valence-electron chi connectivity index (χ3n) is 7.26. The predicted octanol–water partition coefficient (Wildman–Crippen LogP) is 7.73. The van der Waals surface area contributed by atoms with Crippen LogP contribution in [0.25, 0.3) is 66.5 Å². The van der Waals surface area contributed by atoms with Crippen LogP contribution in [-0.2, 0) is 0 Å². The normalized spacial score (nSPS) is 11.7. The van der Waals surface area contributed by atoms with Gasteiger partial charge in [-0.15, -0.1) is 0 Å². The molecular formula is C33H21N5. The van der Waals surface area contributed by atoms with Crippen LogP contribution in [-0.4, -0.2) is 24.1 Å². The molecule has 0 fully saturated rings. The van der Waals surface area contributed by atoms with Gasteiger partial charge in [0.25, 0.3) is 0 Å². The molecule has 8 aromatic rings. The second kappa shape index (κ2) is 8.11. The first-order valence-corrected chi connectivity index (χ1v) is 12.6. The number of benzene rings is 3. The summed E-state index contributed by atoms with van der Waals surface area (Å²) in [7, 11) is 0. The van der Waals surface area contributed by atoms with Crippen molar-refractivity contribution in [1.82, 2.24) is 24.1 Å². The zero-order chi connectivity index (χ0) is 25.1. The van der Waals surface area contributed by atoms with E-state index >= 15 is 0 Å². The van der Waals surface area contributed by atoms with Gasteiger partial charge in [0, 0.05) is 40.6 Å². The third-order valence-corrected chi connectivity index (χ3v) is 7.26. The van der Waals surface area contributed by atoms with Crippen LogP contribution in [0.4, 0.5) is 0 Å². The highest BCUT2D eigenvalue weighted by Gasteiger charge is 2.24. The molecule has 0 spiro atoms. The maximum Gasteiger partial charge on any atom is 0.145 e. The van der Waals surface area contributed by atoms with Crippen molar-refractivity contribution in [3.8, 4) is 22.6 Å². The molecule has 5 aromatic heterocycles. The van der Waals surface area contributed by atoms with Crippen molar-refractivity contribution in [2.75, 3.05) is 0 Å². The smallest absolute Gasteiger partial charge is 0.145 e. The van der Waals surface area contributed by atoms with Gasteiger partial charge in [0.1, 0.15) is 22.4 Å². The first-order chi connectivity index (χ1) is 18.9. The van der Waals surface area contributed by atoms with Gasteiger partial charge in [-0.25, -0.2) is 4.98 Å². The second-order valence-electron chi connectivity index (χ2n) is 9.35. The number of para-hydroxylation sites is 2. The number of rotatable bonds is 3. The number of pyridine rings is 3. The topological polar surface area (TPSA) is 48.5 Å². The summed E-state index contributed by atoms with van der Waals surface area (Å²) >= 11 is 0. The Morgan fingerprint density at radius 1 is 0.474 bits per heavy atom. The van der Waals surface area contributed by atoms with Crippen molar-refractivity contribution in [3.05, 3.63) is 128 Å². The Balaban J connectivity index is 1.63. The van der Waals surface area contributed by atoms with E-state index in [1.165, 1.54) is 0 Å². The molecule has 8 rings (SSSR count). The van der Waals surface area contributed by atoms with Gasteiger partial charge in [-0.3, -0.25) is 14.5 Å². The highest BCUT2D eigenvalue weighted by molar-refractivity contribution is 6.21. The zero-order valence-electron chi connectivity index (χ0n) is 20.4. The Labute approximate surface area is 218 Å². The summed E-state index contributed by atoms with van der Waals surface area (Å²) in [6.45, 7) is 0. The summed E-state index contributed by atoms with van der Waals surface area (Å²) in [5.74, 6) is 0.853. The minimum Gasteiger partial charge on any atom is -0.307 e. The molecule has 0 aliphatic carbocycles.